The monoisotopic (exact) mass is 224 g/mol. The van der Waals surface area contributed by atoms with E-state index in [9.17, 15) is 0 Å². The number of pyridine rings is 2. The zero-order valence-corrected chi connectivity index (χ0v) is 9.73. The minimum Gasteiger partial charge on any atom is -0.352 e. The van der Waals surface area contributed by atoms with Gasteiger partial charge in [0.2, 0.25) is 0 Å². The van der Waals surface area contributed by atoms with Crippen LogP contribution in [0.1, 0.15) is 17.0 Å². The van der Waals surface area contributed by atoms with Crippen LogP contribution in [0.5, 0.6) is 0 Å². The molecule has 4 heteroatoms. The molecule has 0 radical (unpaired) electrons. The second-order valence-corrected chi connectivity index (χ2v) is 3.74. The Balaban J connectivity index is 2.35. The van der Waals surface area contributed by atoms with Gasteiger partial charge in [-0.25, -0.2) is 0 Å². The lowest BCUT2D eigenvalue weighted by Crippen LogP contribution is -1.98. The smallest absolute Gasteiger partial charge is 0.101 e. The van der Waals surface area contributed by atoms with Gasteiger partial charge in [-0.2, -0.15) is 5.26 Å². The summed E-state index contributed by atoms with van der Waals surface area (Å²) >= 11 is 0. The zero-order valence-electron chi connectivity index (χ0n) is 9.73. The fourth-order valence-electron chi connectivity index (χ4n) is 1.56. The fraction of sp³-hybridized carbons (Fsp3) is 0.154. The molecule has 0 spiro atoms. The molecule has 0 fully saturated rings. The zero-order chi connectivity index (χ0) is 12.3. The highest BCUT2D eigenvalue weighted by Crippen LogP contribution is 2.21. The third kappa shape index (κ3) is 2.40. The third-order valence-electron chi connectivity index (χ3n) is 2.44. The molecule has 0 aromatic carbocycles. The molecule has 17 heavy (non-hydrogen) atoms. The lowest BCUT2D eigenvalue weighted by atomic mass is 10.2. The van der Waals surface area contributed by atoms with Crippen molar-refractivity contribution in [2.24, 2.45) is 0 Å². The Labute approximate surface area is 100.0 Å². The molecule has 0 bridgehead atoms. The first kappa shape index (κ1) is 11.1. The summed E-state index contributed by atoms with van der Waals surface area (Å²) in [4.78, 5) is 8.36. The molecule has 0 aliphatic carbocycles. The highest BCUT2D eigenvalue weighted by Gasteiger charge is 2.04. The second kappa shape index (κ2) is 4.62. The van der Waals surface area contributed by atoms with Crippen LogP contribution in [-0.4, -0.2) is 9.97 Å². The second-order valence-electron chi connectivity index (χ2n) is 3.74. The van der Waals surface area contributed by atoms with Crippen molar-refractivity contribution in [3.05, 3.63) is 47.5 Å². The van der Waals surface area contributed by atoms with Gasteiger partial charge in [0.15, 0.2) is 0 Å². The van der Waals surface area contributed by atoms with Crippen LogP contribution in [0.3, 0.4) is 0 Å². The molecule has 2 aromatic rings. The average Bonchev–Trinajstić information content (AvgIpc) is 2.33. The van der Waals surface area contributed by atoms with Gasteiger partial charge >= 0.3 is 0 Å². The molecule has 0 aliphatic heterocycles. The van der Waals surface area contributed by atoms with Crippen LogP contribution in [0.15, 0.2) is 30.6 Å². The molecule has 0 aliphatic rings. The van der Waals surface area contributed by atoms with Gasteiger partial charge in [-0.1, -0.05) is 0 Å². The van der Waals surface area contributed by atoms with Crippen molar-refractivity contribution < 1.29 is 0 Å². The van der Waals surface area contributed by atoms with E-state index in [-0.39, 0.29) is 0 Å². The number of rotatable bonds is 2. The third-order valence-corrected chi connectivity index (χ3v) is 2.44. The van der Waals surface area contributed by atoms with Gasteiger partial charge in [-0.3, -0.25) is 9.97 Å². The average molecular weight is 224 g/mol. The van der Waals surface area contributed by atoms with Crippen molar-refractivity contribution in [1.82, 2.24) is 9.97 Å². The minimum absolute atomic E-state index is 0.569. The molecule has 1 N–H and O–H groups in total. The van der Waals surface area contributed by atoms with E-state index in [1.165, 1.54) is 0 Å². The molecule has 2 aromatic heterocycles. The molecule has 0 amide bonds. The Morgan fingerprint density at radius 1 is 1.18 bits per heavy atom. The molecule has 0 saturated carbocycles. The Hall–Kier alpha value is -2.41. The molecular formula is C13H12N4. The number of nitrogens with zero attached hydrogens (tertiary/aromatic N) is 3. The number of anilines is 2. The summed E-state index contributed by atoms with van der Waals surface area (Å²) < 4.78 is 0. The van der Waals surface area contributed by atoms with E-state index in [1.54, 1.807) is 18.5 Å². The van der Waals surface area contributed by atoms with Crippen LogP contribution in [0.25, 0.3) is 0 Å². The van der Waals surface area contributed by atoms with Crippen molar-refractivity contribution >= 4 is 11.4 Å². The highest BCUT2D eigenvalue weighted by atomic mass is 14.9. The number of hydrogen-bond donors (Lipinski definition) is 1. The minimum atomic E-state index is 0.569. The SMILES string of the molecule is Cc1ccc(Nc2cnccc2C#N)c(C)n1. The first-order valence-electron chi connectivity index (χ1n) is 5.26. The van der Waals surface area contributed by atoms with E-state index in [0.717, 1.165) is 17.1 Å². The lowest BCUT2D eigenvalue weighted by Gasteiger charge is -2.10. The van der Waals surface area contributed by atoms with E-state index < -0.39 is 0 Å². The first-order chi connectivity index (χ1) is 8.20. The molecule has 0 unspecified atom stereocenters. The number of aromatic nitrogens is 2. The van der Waals surface area contributed by atoms with Crippen molar-refractivity contribution in [3.8, 4) is 6.07 Å². The molecule has 0 atom stereocenters. The Kier molecular flexibility index (Phi) is 3.01. The predicted molar refractivity (Wildman–Crippen MR) is 65.9 cm³/mol. The van der Waals surface area contributed by atoms with Crippen molar-refractivity contribution in [1.29, 1.82) is 5.26 Å². The maximum atomic E-state index is 8.98. The summed E-state index contributed by atoms with van der Waals surface area (Å²) in [5, 5.41) is 12.1. The fourth-order valence-corrected chi connectivity index (χ4v) is 1.56. The number of nitriles is 1. The highest BCUT2D eigenvalue weighted by molar-refractivity contribution is 5.66. The summed E-state index contributed by atoms with van der Waals surface area (Å²) in [6.45, 7) is 3.87. The summed E-state index contributed by atoms with van der Waals surface area (Å²) in [6.07, 6.45) is 3.24. The van der Waals surface area contributed by atoms with Crippen LogP contribution >= 0.6 is 0 Å². The standard InChI is InChI=1S/C13H12N4/c1-9-3-4-12(10(2)16-9)17-13-8-15-6-5-11(13)7-14/h3-6,8,17H,1-2H3. The van der Waals surface area contributed by atoms with Gasteiger partial charge < -0.3 is 5.32 Å². The summed E-state index contributed by atoms with van der Waals surface area (Å²) in [5.74, 6) is 0. The van der Waals surface area contributed by atoms with E-state index >= 15 is 0 Å². The Morgan fingerprint density at radius 2 is 2.00 bits per heavy atom. The van der Waals surface area contributed by atoms with Crippen LogP contribution in [0.4, 0.5) is 11.4 Å². The molecule has 2 heterocycles. The Morgan fingerprint density at radius 3 is 2.71 bits per heavy atom. The van der Waals surface area contributed by atoms with Crippen LogP contribution in [-0.2, 0) is 0 Å². The van der Waals surface area contributed by atoms with Gasteiger partial charge in [0.1, 0.15) is 6.07 Å². The normalized spacial score (nSPS) is 9.71. The van der Waals surface area contributed by atoms with Gasteiger partial charge in [0.25, 0.3) is 0 Å². The Bertz CT molecular complexity index is 584. The molecule has 0 saturated heterocycles. The maximum absolute atomic E-state index is 8.98. The van der Waals surface area contributed by atoms with E-state index in [4.69, 9.17) is 5.26 Å². The van der Waals surface area contributed by atoms with E-state index in [0.29, 0.717) is 11.3 Å². The number of aryl methyl sites for hydroxylation is 2. The van der Waals surface area contributed by atoms with Crippen molar-refractivity contribution in [2.45, 2.75) is 13.8 Å². The lowest BCUT2D eigenvalue weighted by molar-refractivity contribution is 1.12. The summed E-state index contributed by atoms with van der Waals surface area (Å²) in [5.41, 5.74) is 4.03. The molecular weight excluding hydrogens is 212 g/mol. The number of hydrogen-bond acceptors (Lipinski definition) is 4. The van der Waals surface area contributed by atoms with Crippen LogP contribution in [0, 0.1) is 25.2 Å². The first-order valence-corrected chi connectivity index (χ1v) is 5.26. The quantitative estimate of drug-likeness (QED) is 0.851. The maximum Gasteiger partial charge on any atom is 0.101 e. The topological polar surface area (TPSA) is 61.6 Å². The summed E-state index contributed by atoms with van der Waals surface area (Å²) in [6, 6.07) is 7.68. The molecule has 84 valence electrons. The van der Waals surface area contributed by atoms with Crippen LogP contribution < -0.4 is 5.32 Å². The van der Waals surface area contributed by atoms with Gasteiger partial charge in [-0.15, -0.1) is 0 Å². The summed E-state index contributed by atoms with van der Waals surface area (Å²) in [7, 11) is 0. The van der Waals surface area contributed by atoms with E-state index in [2.05, 4.69) is 21.4 Å². The van der Waals surface area contributed by atoms with Gasteiger partial charge in [0.05, 0.1) is 28.8 Å². The van der Waals surface area contributed by atoms with Crippen molar-refractivity contribution in [2.75, 3.05) is 5.32 Å². The van der Waals surface area contributed by atoms with Crippen LogP contribution in [0.2, 0.25) is 0 Å². The van der Waals surface area contributed by atoms with Crippen molar-refractivity contribution in [3.63, 3.8) is 0 Å². The largest absolute Gasteiger partial charge is 0.352 e. The van der Waals surface area contributed by atoms with E-state index in [1.807, 2.05) is 26.0 Å². The number of nitrogens with one attached hydrogen (secondary N) is 1. The van der Waals surface area contributed by atoms with Gasteiger partial charge in [-0.05, 0) is 32.0 Å². The predicted octanol–water partition coefficient (Wildman–Crippen LogP) is 2.71. The molecule has 2 rings (SSSR count). The van der Waals surface area contributed by atoms with Gasteiger partial charge in [0, 0.05) is 11.9 Å². The molecule has 4 nitrogen and oxygen atoms in total.